The van der Waals surface area contributed by atoms with E-state index in [9.17, 15) is 18.7 Å². The van der Waals surface area contributed by atoms with Crippen LogP contribution in [0, 0.1) is 11.6 Å². The van der Waals surface area contributed by atoms with Gasteiger partial charge in [0.25, 0.3) is 0 Å². The van der Waals surface area contributed by atoms with E-state index in [-0.39, 0.29) is 12.0 Å². The van der Waals surface area contributed by atoms with Crippen LogP contribution in [-0.2, 0) is 4.79 Å². The van der Waals surface area contributed by atoms with Crippen molar-refractivity contribution in [2.45, 2.75) is 19.4 Å². The summed E-state index contributed by atoms with van der Waals surface area (Å²) in [6.45, 7) is 1.57. The van der Waals surface area contributed by atoms with Crippen LogP contribution in [0.3, 0.4) is 0 Å². The van der Waals surface area contributed by atoms with Crippen molar-refractivity contribution in [3.63, 3.8) is 0 Å². The van der Waals surface area contributed by atoms with Gasteiger partial charge in [-0.3, -0.25) is 4.79 Å². The third-order valence-corrected chi connectivity index (χ3v) is 1.85. The predicted molar refractivity (Wildman–Crippen MR) is 46.6 cm³/mol. The lowest BCUT2D eigenvalue weighted by atomic mass is 10.0. The molecule has 14 heavy (non-hydrogen) atoms. The number of Topliss-reactive ketones (excluding diaryl/α,β-unsaturated/α-hetero) is 1. The number of aliphatic hydroxyl groups excluding tert-OH is 1. The molecule has 0 spiro atoms. The van der Waals surface area contributed by atoms with Crippen molar-refractivity contribution < 1.29 is 18.7 Å². The molecule has 76 valence electrons. The summed E-state index contributed by atoms with van der Waals surface area (Å²) in [5.74, 6) is -2.07. The molecule has 0 fully saturated rings. The molecule has 0 aliphatic carbocycles. The molecule has 0 bridgehead atoms. The molecule has 0 aliphatic heterocycles. The lowest BCUT2D eigenvalue weighted by Crippen LogP contribution is -2.10. The summed E-state index contributed by atoms with van der Waals surface area (Å²) in [4.78, 5) is 11.0. The lowest BCUT2D eigenvalue weighted by molar-refractivity contribution is -0.127. The molecule has 1 unspecified atom stereocenters. The van der Waals surface area contributed by atoms with Crippen molar-refractivity contribution in [2.24, 2.45) is 0 Å². The van der Waals surface area contributed by atoms with E-state index in [1.165, 1.54) is 0 Å². The molecule has 1 atom stereocenters. The van der Waals surface area contributed by atoms with Crippen molar-refractivity contribution in [2.75, 3.05) is 0 Å². The van der Waals surface area contributed by atoms with Gasteiger partial charge in [0.1, 0.15) is 17.7 Å². The normalized spacial score (nSPS) is 12.6. The van der Waals surface area contributed by atoms with Crippen LogP contribution in [-0.4, -0.2) is 10.9 Å². The van der Waals surface area contributed by atoms with Gasteiger partial charge < -0.3 is 5.11 Å². The van der Waals surface area contributed by atoms with E-state index in [0.717, 1.165) is 12.1 Å². The van der Waals surface area contributed by atoms with E-state index in [1.807, 2.05) is 0 Å². The number of carbonyl (C=O) groups is 1. The van der Waals surface area contributed by atoms with Gasteiger partial charge in [-0.25, -0.2) is 8.78 Å². The average Bonchev–Trinajstić information content (AvgIpc) is 2.14. The number of ketones is 1. The standard InChI is InChI=1S/C10H10F2O2/c1-2-9(13)10(14)6-3-7(11)5-8(12)4-6/h3-5,10,14H,2H2,1H3. The largest absolute Gasteiger partial charge is 0.381 e. The van der Waals surface area contributed by atoms with E-state index in [1.54, 1.807) is 6.92 Å². The molecular weight excluding hydrogens is 190 g/mol. The van der Waals surface area contributed by atoms with Gasteiger partial charge in [0.15, 0.2) is 5.78 Å². The van der Waals surface area contributed by atoms with Gasteiger partial charge in [-0.1, -0.05) is 6.92 Å². The van der Waals surface area contributed by atoms with Crippen molar-refractivity contribution >= 4 is 5.78 Å². The number of benzene rings is 1. The first-order valence-electron chi connectivity index (χ1n) is 4.21. The molecule has 0 heterocycles. The summed E-state index contributed by atoms with van der Waals surface area (Å²) in [7, 11) is 0. The Hall–Kier alpha value is -1.29. The Morgan fingerprint density at radius 2 is 1.86 bits per heavy atom. The van der Waals surface area contributed by atoms with Crippen molar-refractivity contribution in [3.05, 3.63) is 35.4 Å². The molecule has 1 N–H and O–H groups in total. The molecule has 0 saturated heterocycles. The van der Waals surface area contributed by atoms with Crippen molar-refractivity contribution in [3.8, 4) is 0 Å². The molecule has 1 rings (SSSR count). The zero-order valence-corrected chi connectivity index (χ0v) is 7.63. The highest BCUT2D eigenvalue weighted by molar-refractivity contribution is 5.83. The van der Waals surface area contributed by atoms with E-state index in [4.69, 9.17) is 0 Å². The Labute approximate surface area is 80.2 Å². The van der Waals surface area contributed by atoms with E-state index in [2.05, 4.69) is 0 Å². The summed E-state index contributed by atoms with van der Waals surface area (Å²) in [5.41, 5.74) is -0.0469. The maximum Gasteiger partial charge on any atom is 0.165 e. The number of halogens is 2. The molecule has 0 saturated carbocycles. The lowest BCUT2D eigenvalue weighted by Gasteiger charge is -2.08. The minimum Gasteiger partial charge on any atom is -0.381 e. The number of hydrogen-bond donors (Lipinski definition) is 1. The fourth-order valence-corrected chi connectivity index (χ4v) is 1.11. The third kappa shape index (κ3) is 2.35. The topological polar surface area (TPSA) is 37.3 Å². The van der Waals surface area contributed by atoms with Crippen molar-refractivity contribution in [1.82, 2.24) is 0 Å². The van der Waals surface area contributed by atoms with E-state index >= 15 is 0 Å². The molecule has 4 heteroatoms. The second kappa shape index (κ2) is 4.28. The summed E-state index contributed by atoms with van der Waals surface area (Å²) in [6.07, 6.45) is -1.32. The van der Waals surface area contributed by atoms with Gasteiger partial charge in [-0.2, -0.15) is 0 Å². The Balaban J connectivity index is 3.00. The van der Waals surface area contributed by atoms with Crippen LogP contribution < -0.4 is 0 Å². The molecular formula is C10H10F2O2. The van der Waals surface area contributed by atoms with Crippen LogP contribution >= 0.6 is 0 Å². The Kier molecular flexibility index (Phi) is 3.30. The molecule has 1 aromatic rings. The van der Waals surface area contributed by atoms with Crippen LogP contribution in [0.15, 0.2) is 18.2 Å². The summed E-state index contributed by atoms with van der Waals surface area (Å²) >= 11 is 0. The molecule has 0 radical (unpaired) electrons. The highest BCUT2D eigenvalue weighted by Crippen LogP contribution is 2.17. The summed E-state index contributed by atoms with van der Waals surface area (Å²) in [5, 5.41) is 9.36. The second-order valence-electron chi connectivity index (χ2n) is 2.93. The summed E-state index contributed by atoms with van der Waals surface area (Å²) in [6, 6.07) is 2.58. The maximum atomic E-state index is 12.7. The number of hydrogen-bond acceptors (Lipinski definition) is 2. The second-order valence-corrected chi connectivity index (χ2v) is 2.93. The highest BCUT2D eigenvalue weighted by atomic mass is 19.1. The fraction of sp³-hybridized carbons (Fsp3) is 0.300. The molecule has 0 aliphatic rings. The van der Waals surface area contributed by atoms with Gasteiger partial charge >= 0.3 is 0 Å². The molecule has 1 aromatic carbocycles. The first-order chi connectivity index (χ1) is 6.54. The average molecular weight is 200 g/mol. The first-order valence-corrected chi connectivity index (χ1v) is 4.21. The van der Waals surface area contributed by atoms with E-state index < -0.39 is 23.5 Å². The monoisotopic (exact) mass is 200 g/mol. The van der Waals surface area contributed by atoms with Crippen LogP contribution in [0.4, 0.5) is 8.78 Å². The highest BCUT2D eigenvalue weighted by Gasteiger charge is 2.16. The van der Waals surface area contributed by atoms with Gasteiger partial charge in [-0.05, 0) is 17.7 Å². The smallest absolute Gasteiger partial charge is 0.165 e. The number of carbonyl (C=O) groups excluding carboxylic acids is 1. The Morgan fingerprint density at radius 3 is 2.29 bits per heavy atom. The minimum absolute atomic E-state index is 0.0469. The fourth-order valence-electron chi connectivity index (χ4n) is 1.11. The van der Waals surface area contributed by atoms with Gasteiger partial charge in [0.05, 0.1) is 0 Å². The number of aliphatic hydroxyl groups is 1. The zero-order chi connectivity index (χ0) is 10.7. The van der Waals surface area contributed by atoms with Gasteiger partial charge in [0, 0.05) is 12.5 Å². The van der Waals surface area contributed by atoms with Crippen molar-refractivity contribution in [1.29, 1.82) is 0 Å². The predicted octanol–water partition coefficient (Wildman–Crippen LogP) is 1.98. The molecule has 2 nitrogen and oxygen atoms in total. The van der Waals surface area contributed by atoms with Gasteiger partial charge in [-0.15, -0.1) is 0 Å². The Bertz CT molecular complexity index is 330. The first kappa shape index (κ1) is 10.8. The quantitative estimate of drug-likeness (QED) is 0.809. The van der Waals surface area contributed by atoms with Crippen LogP contribution in [0.2, 0.25) is 0 Å². The van der Waals surface area contributed by atoms with Crippen LogP contribution in [0.5, 0.6) is 0 Å². The summed E-state index contributed by atoms with van der Waals surface area (Å²) < 4.78 is 25.4. The third-order valence-electron chi connectivity index (χ3n) is 1.85. The minimum atomic E-state index is -1.44. The van der Waals surface area contributed by atoms with Crippen LogP contribution in [0.25, 0.3) is 0 Å². The maximum absolute atomic E-state index is 12.7. The SMILES string of the molecule is CCC(=O)C(O)c1cc(F)cc(F)c1. The van der Waals surface area contributed by atoms with E-state index in [0.29, 0.717) is 6.07 Å². The molecule has 0 amide bonds. The number of rotatable bonds is 3. The zero-order valence-electron chi connectivity index (χ0n) is 7.63. The Morgan fingerprint density at radius 1 is 1.36 bits per heavy atom. The molecule has 0 aromatic heterocycles. The van der Waals surface area contributed by atoms with Gasteiger partial charge in [0.2, 0.25) is 0 Å². The van der Waals surface area contributed by atoms with Crippen LogP contribution in [0.1, 0.15) is 25.0 Å².